The molecule has 2 aromatic rings. The zero-order valence-electron chi connectivity index (χ0n) is 12.2. The lowest BCUT2D eigenvalue weighted by atomic mass is 10.2. The first-order chi connectivity index (χ1) is 10.1. The first kappa shape index (κ1) is 14.8. The van der Waals surface area contributed by atoms with Crippen molar-refractivity contribution in [2.45, 2.75) is 13.8 Å². The number of nitrogens with zero attached hydrogens (tertiary/aromatic N) is 2. The molecule has 2 N–H and O–H groups in total. The molecule has 0 unspecified atom stereocenters. The van der Waals surface area contributed by atoms with E-state index < -0.39 is 5.97 Å². The van der Waals surface area contributed by atoms with Gasteiger partial charge in [-0.25, -0.2) is 9.78 Å². The predicted octanol–water partition coefficient (Wildman–Crippen LogP) is 3.37. The molecule has 110 valence electrons. The zero-order chi connectivity index (χ0) is 15.2. The molecule has 1 aromatic carbocycles. The highest BCUT2D eigenvalue weighted by molar-refractivity contribution is 5.88. The zero-order valence-corrected chi connectivity index (χ0v) is 12.2. The summed E-state index contributed by atoms with van der Waals surface area (Å²) < 4.78 is 0. The number of aromatic nitrogens is 1. The van der Waals surface area contributed by atoms with E-state index in [2.05, 4.69) is 29.0 Å². The van der Waals surface area contributed by atoms with Crippen molar-refractivity contribution in [1.82, 2.24) is 4.98 Å². The molecule has 0 saturated heterocycles. The van der Waals surface area contributed by atoms with Crippen molar-refractivity contribution in [2.75, 3.05) is 23.3 Å². The van der Waals surface area contributed by atoms with Crippen LogP contribution in [-0.2, 0) is 0 Å². The molecule has 0 bridgehead atoms. The van der Waals surface area contributed by atoms with Crippen molar-refractivity contribution >= 4 is 23.2 Å². The molecule has 2 rings (SSSR count). The Morgan fingerprint density at radius 2 is 1.86 bits per heavy atom. The van der Waals surface area contributed by atoms with Gasteiger partial charge in [-0.3, -0.25) is 0 Å². The molecule has 0 aliphatic heterocycles. The molecule has 0 atom stereocenters. The number of benzene rings is 1. The average Bonchev–Trinajstić information content (AvgIpc) is 2.50. The molecular weight excluding hydrogens is 266 g/mol. The maximum Gasteiger partial charge on any atom is 0.335 e. The number of anilines is 3. The fourth-order valence-corrected chi connectivity index (χ4v) is 2.12. The van der Waals surface area contributed by atoms with E-state index in [1.54, 1.807) is 0 Å². The number of hydrogen-bond acceptors (Lipinski definition) is 4. The van der Waals surface area contributed by atoms with Gasteiger partial charge in [0.1, 0.15) is 5.82 Å². The Morgan fingerprint density at radius 3 is 2.43 bits per heavy atom. The van der Waals surface area contributed by atoms with Gasteiger partial charge in [0.15, 0.2) is 0 Å². The lowest BCUT2D eigenvalue weighted by molar-refractivity contribution is 0.0697. The van der Waals surface area contributed by atoms with Gasteiger partial charge in [0, 0.05) is 30.7 Å². The van der Waals surface area contributed by atoms with Crippen LogP contribution in [0.15, 0.2) is 42.6 Å². The topological polar surface area (TPSA) is 65.5 Å². The predicted molar refractivity (Wildman–Crippen MR) is 84.5 cm³/mol. The second kappa shape index (κ2) is 6.74. The molecule has 0 saturated carbocycles. The van der Waals surface area contributed by atoms with Gasteiger partial charge in [-0.1, -0.05) is 0 Å². The number of hydrogen-bond donors (Lipinski definition) is 2. The maximum atomic E-state index is 10.9. The fourth-order valence-electron chi connectivity index (χ4n) is 2.12. The number of carbonyl (C=O) groups is 1. The average molecular weight is 285 g/mol. The van der Waals surface area contributed by atoms with Crippen molar-refractivity contribution in [1.29, 1.82) is 0 Å². The minimum absolute atomic E-state index is 0.215. The van der Waals surface area contributed by atoms with Crippen LogP contribution in [0, 0.1) is 0 Å². The quantitative estimate of drug-likeness (QED) is 0.852. The Balaban J connectivity index is 2.13. The molecule has 0 radical (unpaired) electrons. The van der Waals surface area contributed by atoms with Gasteiger partial charge in [0.2, 0.25) is 0 Å². The maximum absolute atomic E-state index is 10.9. The van der Waals surface area contributed by atoms with E-state index in [9.17, 15) is 4.79 Å². The Labute approximate surface area is 124 Å². The molecule has 0 fully saturated rings. The van der Waals surface area contributed by atoms with Crippen molar-refractivity contribution in [3.8, 4) is 0 Å². The number of carboxylic acid groups (broad SMARTS) is 1. The van der Waals surface area contributed by atoms with Gasteiger partial charge in [-0.05, 0) is 50.2 Å². The van der Waals surface area contributed by atoms with E-state index in [0.29, 0.717) is 5.82 Å². The third-order valence-electron chi connectivity index (χ3n) is 3.28. The lowest BCUT2D eigenvalue weighted by Crippen LogP contribution is -2.21. The Morgan fingerprint density at radius 1 is 1.19 bits per heavy atom. The second-order valence-electron chi connectivity index (χ2n) is 4.58. The third kappa shape index (κ3) is 3.72. The first-order valence-corrected chi connectivity index (χ1v) is 6.95. The highest BCUT2D eigenvalue weighted by Gasteiger charge is 2.05. The molecule has 0 spiro atoms. The van der Waals surface area contributed by atoms with Crippen LogP contribution in [-0.4, -0.2) is 29.1 Å². The first-order valence-electron chi connectivity index (χ1n) is 6.95. The summed E-state index contributed by atoms with van der Waals surface area (Å²) in [4.78, 5) is 17.3. The van der Waals surface area contributed by atoms with E-state index in [4.69, 9.17) is 5.11 Å². The largest absolute Gasteiger partial charge is 0.478 e. The van der Waals surface area contributed by atoms with Gasteiger partial charge >= 0.3 is 5.97 Å². The SMILES string of the molecule is CCN(CC)c1ccc(Nc2cc(C(=O)O)ccn2)cc1. The number of rotatable bonds is 6. The van der Waals surface area contributed by atoms with E-state index in [1.807, 2.05) is 24.3 Å². The summed E-state index contributed by atoms with van der Waals surface area (Å²) in [6.45, 7) is 6.17. The highest BCUT2D eigenvalue weighted by Crippen LogP contribution is 2.20. The third-order valence-corrected chi connectivity index (χ3v) is 3.28. The highest BCUT2D eigenvalue weighted by atomic mass is 16.4. The van der Waals surface area contributed by atoms with Gasteiger partial charge in [-0.15, -0.1) is 0 Å². The van der Waals surface area contributed by atoms with Gasteiger partial charge in [0.05, 0.1) is 5.56 Å². The number of aromatic carboxylic acids is 1. The summed E-state index contributed by atoms with van der Waals surface area (Å²) >= 11 is 0. The van der Waals surface area contributed by atoms with Crippen LogP contribution < -0.4 is 10.2 Å². The Kier molecular flexibility index (Phi) is 4.77. The van der Waals surface area contributed by atoms with E-state index >= 15 is 0 Å². The smallest absolute Gasteiger partial charge is 0.335 e. The molecule has 21 heavy (non-hydrogen) atoms. The Hall–Kier alpha value is -2.56. The molecule has 0 amide bonds. The van der Waals surface area contributed by atoms with Gasteiger partial charge in [0.25, 0.3) is 0 Å². The van der Waals surface area contributed by atoms with Crippen LogP contribution in [0.1, 0.15) is 24.2 Å². The molecule has 5 nitrogen and oxygen atoms in total. The number of carboxylic acids is 1. The van der Waals surface area contributed by atoms with Crippen molar-refractivity contribution < 1.29 is 9.90 Å². The molecule has 1 heterocycles. The summed E-state index contributed by atoms with van der Waals surface area (Å²) in [5.41, 5.74) is 2.26. The minimum atomic E-state index is -0.961. The number of nitrogens with one attached hydrogen (secondary N) is 1. The molecule has 1 aromatic heterocycles. The van der Waals surface area contributed by atoms with Crippen LogP contribution in [0.3, 0.4) is 0 Å². The fraction of sp³-hybridized carbons (Fsp3) is 0.250. The molecule has 0 aliphatic rings. The summed E-state index contributed by atoms with van der Waals surface area (Å²) in [6, 6.07) is 11.0. The van der Waals surface area contributed by atoms with Gasteiger partial charge in [-0.2, -0.15) is 0 Å². The van der Waals surface area contributed by atoms with Crippen molar-refractivity contribution in [3.05, 3.63) is 48.2 Å². The normalized spacial score (nSPS) is 10.2. The van der Waals surface area contributed by atoms with E-state index in [1.165, 1.54) is 18.3 Å². The number of pyridine rings is 1. The lowest BCUT2D eigenvalue weighted by Gasteiger charge is -2.21. The van der Waals surface area contributed by atoms with Gasteiger partial charge < -0.3 is 15.3 Å². The van der Waals surface area contributed by atoms with Crippen molar-refractivity contribution in [2.24, 2.45) is 0 Å². The minimum Gasteiger partial charge on any atom is -0.478 e. The van der Waals surface area contributed by atoms with Crippen LogP contribution >= 0.6 is 0 Å². The Bertz CT molecular complexity index is 607. The van der Waals surface area contributed by atoms with Crippen LogP contribution in [0.25, 0.3) is 0 Å². The van der Waals surface area contributed by atoms with Crippen LogP contribution in [0.4, 0.5) is 17.2 Å². The van der Waals surface area contributed by atoms with Crippen LogP contribution in [0.2, 0.25) is 0 Å². The summed E-state index contributed by atoms with van der Waals surface area (Å²) in [5, 5.41) is 12.1. The molecular formula is C16H19N3O2. The van der Waals surface area contributed by atoms with E-state index in [-0.39, 0.29) is 5.56 Å². The molecule has 0 aliphatic carbocycles. The monoisotopic (exact) mass is 285 g/mol. The molecule has 5 heteroatoms. The summed E-state index contributed by atoms with van der Waals surface area (Å²) in [5.74, 6) is -0.442. The second-order valence-corrected chi connectivity index (χ2v) is 4.58. The standard InChI is InChI=1S/C16H19N3O2/c1-3-19(4-2)14-7-5-13(6-8-14)18-15-11-12(16(20)21)9-10-17-15/h5-11H,3-4H2,1-2H3,(H,17,18)(H,20,21). The van der Waals surface area contributed by atoms with Crippen molar-refractivity contribution in [3.63, 3.8) is 0 Å². The van der Waals surface area contributed by atoms with E-state index in [0.717, 1.165) is 24.5 Å². The summed E-state index contributed by atoms with van der Waals surface area (Å²) in [6.07, 6.45) is 1.48. The summed E-state index contributed by atoms with van der Waals surface area (Å²) in [7, 11) is 0. The van der Waals surface area contributed by atoms with Crippen LogP contribution in [0.5, 0.6) is 0 Å².